The molecule has 13 heavy (non-hydrogen) atoms. The molecule has 0 spiro atoms. The number of hydrogen-bond donors (Lipinski definition) is 5. The summed E-state index contributed by atoms with van der Waals surface area (Å²) in [4.78, 5) is 0. The Morgan fingerprint density at radius 1 is 1.23 bits per heavy atom. The van der Waals surface area contributed by atoms with E-state index in [1.807, 2.05) is 0 Å². The van der Waals surface area contributed by atoms with Gasteiger partial charge in [0.05, 0.1) is 12.6 Å². The number of nitrogens with one attached hydrogen (secondary N) is 1. The van der Waals surface area contributed by atoms with Crippen molar-refractivity contribution < 1.29 is 25.2 Å². The highest BCUT2D eigenvalue weighted by molar-refractivity contribution is 4.91. The van der Waals surface area contributed by atoms with E-state index in [1.165, 1.54) is 7.05 Å². The van der Waals surface area contributed by atoms with E-state index in [0.29, 0.717) is 0 Å². The fraction of sp³-hybridized carbons (Fsp3) is 1.00. The molecule has 5 atom stereocenters. The van der Waals surface area contributed by atoms with Crippen molar-refractivity contribution in [1.29, 1.82) is 0 Å². The molecule has 0 amide bonds. The predicted octanol–water partition coefficient (Wildman–Crippen LogP) is -2.99. The Morgan fingerprint density at radius 2 is 1.85 bits per heavy atom. The lowest BCUT2D eigenvalue weighted by molar-refractivity contribution is -0.253. The van der Waals surface area contributed by atoms with E-state index in [2.05, 4.69) is 5.32 Å². The third-order valence-electron chi connectivity index (χ3n) is 2.23. The number of hydrogen-bond acceptors (Lipinski definition) is 6. The van der Waals surface area contributed by atoms with Crippen LogP contribution in [-0.4, -0.2) is 64.7 Å². The lowest BCUT2D eigenvalue weighted by atomic mass is 9.97. The topological polar surface area (TPSA) is 102 Å². The zero-order chi connectivity index (χ0) is 10.0. The van der Waals surface area contributed by atoms with Crippen LogP contribution in [0.4, 0.5) is 0 Å². The number of ether oxygens (including phenoxy) is 1. The van der Waals surface area contributed by atoms with E-state index in [9.17, 15) is 15.3 Å². The van der Waals surface area contributed by atoms with Crippen molar-refractivity contribution in [2.24, 2.45) is 0 Å². The lowest BCUT2D eigenvalue weighted by Gasteiger charge is -2.39. The van der Waals surface area contributed by atoms with Gasteiger partial charge in [-0.2, -0.15) is 0 Å². The minimum atomic E-state index is -1.22. The predicted molar refractivity (Wildman–Crippen MR) is 42.8 cm³/mol. The van der Waals surface area contributed by atoms with Gasteiger partial charge in [0.25, 0.3) is 0 Å². The van der Waals surface area contributed by atoms with Crippen LogP contribution in [0.1, 0.15) is 0 Å². The molecule has 6 nitrogen and oxygen atoms in total. The van der Waals surface area contributed by atoms with Crippen LogP contribution in [-0.2, 0) is 4.74 Å². The summed E-state index contributed by atoms with van der Waals surface area (Å²) in [5, 5.41) is 39.4. The summed E-state index contributed by atoms with van der Waals surface area (Å²) in [6.07, 6.45) is -4.49. The quantitative estimate of drug-likeness (QED) is 0.320. The molecule has 1 fully saturated rings. The van der Waals surface area contributed by atoms with Gasteiger partial charge in [-0.1, -0.05) is 0 Å². The van der Waals surface area contributed by atoms with Gasteiger partial charge >= 0.3 is 0 Å². The Bertz CT molecular complexity index is 167. The van der Waals surface area contributed by atoms with Gasteiger partial charge in [-0.05, 0) is 7.05 Å². The molecule has 1 heterocycles. The van der Waals surface area contributed by atoms with Crippen molar-refractivity contribution in [3.63, 3.8) is 0 Å². The molecule has 0 radical (unpaired) electrons. The van der Waals surface area contributed by atoms with Crippen molar-refractivity contribution in [1.82, 2.24) is 5.32 Å². The minimum absolute atomic E-state index is 0.439. The molecule has 0 aromatic rings. The highest BCUT2D eigenvalue weighted by Gasteiger charge is 2.42. The minimum Gasteiger partial charge on any atom is -0.394 e. The summed E-state index contributed by atoms with van der Waals surface area (Å²) in [6, 6.07) is -0.738. The second kappa shape index (κ2) is 4.32. The standard InChI is InChI=1S/C7H15NO5/c1-8-4-6(11)5(10)3(2-9)13-7(4)12/h3-12H,2H2,1H3/t3?,4?,5-,6+,7?/m1/s1. The second-order valence-corrected chi connectivity index (χ2v) is 3.04. The van der Waals surface area contributed by atoms with E-state index >= 15 is 0 Å². The summed E-state index contributed by atoms with van der Waals surface area (Å²) in [7, 11) is 1.53. The van der Waals surface area contributed by atoms with Crippen LogP contribution in [0.3, 0.4) is 0 Å². The molecule has 1 aliphatic rings. The monoisotopic (exact) mass is 193 g/mol. The SMILES string of the molecule is CNC1C(O)OC(CO)[C@@H](O)[C@H]1O. The Labute approximate surface area is 75.8 Å². The third kappa shape index (κ3) is 1.98. The number of rotatable bonds is 2. The van der Waals surface area contributed by atoms with Crippen LogP contribution in [0.15, 0.2) is 0 Å². The number of aliphatic hydroxyl groups is 4. The highest BCUT2D eigenvalue weighted by atomic mass is 16.6. The molecule has 0 bridgehead atoms. The van der Waals surface area contributed by atoms with Crippen LogP contribution in [0.5, 0.6) is 0 Å². The molecule has 78 valence electrons. The van der Waals surface area contributed by atoms with Crippen LogP contribution in [0, 0.1) is 0 Å². The Hall–Kier alpha value is -0.240. The molecular weight excluding hydrogens is 178 g/mol. The molecule has 0 aliphatic carbocycles. The first-order valence-corrected chi connectivity index (χ1v) is 4.09. The summed E-state index contributed by atoms with van der Waals surface area (Å²) in [6.45, 7) is -0.439. The first kappa shape index (κ1) is 10.8. The molecule has 0 aromatic carbocycles. The Kier molecular flexibility index (Phi) is 3.60. The molecule has 6 heteroatoms. The van der Waals surface area contributed by atoms with E-state index < -0.39 is 37.3 Å². The number of aliphatic hydroxyl groups excluding tert-OH is 4. The van der Waals surface area contributed by atoms with Crippen molar-refractivity contribution in [3.8, 4) is 0 Å². The van der Waals surface area contributed by atoms with Crippen LogP contribution in [0.25, 0.3) is 0 Å². The van der Waals surface area contributed by atoms with Gasteiger partial charge in [0.2, 0.25) is 0 Å². The van der Waals surface area contributed by atoms with Gasteiger partial charge in [-0.15, -0.1) is 0 Å². The molecule has 0 aromatic heterocycles. The largest absolute Gasteiger partial charge is 0.394 e. The third-order valence-corrected chi connectivity index (χ3v) is 2.23. The maximum atomic E-state index is 9.45. The van der Waals surface area contributed by atoms with E-state index in [-0.39, 0.29) is 0 Å². The smallest absolute Gasteiger partial charge is 0.173 e. The van der Waals surface area contributed by atoms with Gasteiger partial charge in [0, 0.05) is 0 Å². The molecule has 5 N–H and O–H groups in total. The average molecular weight is 193 g/mol. The lowest BCUT2D eigenvalue weighted by Crippen LogP contribution is -2.62. The van der Waals surface area contributed by atoms with Crippen LogP contribution in [0.2, 0.25) is 0 Å². The summed E-state index contributed by atoms with van der Waals surface area (Å²) >= 11 is 0. The van der Waals surface area contributed by atoms with Gasteiger partial charge in [-0.3, -0.25) is 0 Å². The first-order chi connectivity index (χ1) is 6.11. The maximum Gasteiger partial charge on any atom is 0.173 e. The zero-order valence-electron chi connectivity index (χ0n) is 7.29. The van der Waals surface area contributed by atoms with Crippen molar-refractivity contribution in [3.05, 3.63) is 0 Å². The van der Waals surface area contributed by atoms with Gasteiger partial charge in [0.1, 0.15) is 18.3 Å². The molecular formula is C7H15NO5. The Morgan fingerprint density at radius 3 is 2.31 bits per heavy atom. The van der Waals surface area contributed by atoms with Crippen molar-refractivity contribution in [2.75, 3.05) is 13.7 Å². The van der Waals surface area contributed by atoms with Crippen LogP contribution >= 0.6 is 0 Å². The Balaban J connectivity index is 2.66. The summed E-state index contributed by atoms with van der Waals surface area (Å²) in [5.74, 6) is 0. The average Bonchev–Trinajstić information content (AvgIpc) is 2.12. The maximum absolute atomic E-state index is 9.45. The van der Waals surface area contributed by atoms with Gasteiger partial charge < -0.3 is 30.5 Å². The molecule has 1 saturated heterocycles. The van der Waals surface area contributed by atoms with Crippen molar-refractivity contribution >= 4 is 0 Å². The first-order valence-electron chi connectivity index (χ1n) is 4.09. The molecule has 1 aliphatic heterocycles. The molecule has 1 rings (SSSR count). The van der Waals surface area contributed by atoms with E-state index in [0.717, 1.165) is 0 Å². The fourth-order valence-electron chi connectivity index (χ4n) is 1.41. The van der Waals surface area contributed by atoms with E-state index in [1.54, 1.807) is 0 Å². The second-order valence-electron chi connectivity index (χ2n) is 3.04. The number of likely N-dealkylation sites (N-methyl/N-ethyl adjacent to an activating group) is 1. The molecule has 3 unspecified atom stereocenters. The normalized spacial score (nSPS) is 46.4. The van der Waals surface area contributed by atoms with E-state index in [4.69, 9.17) is 9.84 Å². The molecule has 0 saturated carbocycles. The van der Waals surface area contributed by atoms with Crippen molar-refractivity contribution in [2.45, 2.75) is 30.6 Å². The summed E-state index contributed by atoms with van der Waals surface area (Å²) < 4.78 is 4.85. The van der Waals surface area contributed by atoms with Gasteiger partial charge in [-0.25, -0.2) is 0 Å². The van der Waals surface area contributed by atoms with Gasteiger partial charge in [0.15, 0.2) is 6.29 Å². The zero-order valence-corrected chi connectivity index (χ0v) is 7.29. The van der Waals surface area contributed by atoms with Crippen LogP contribution < -0.4 is 5.32 Å². The fourth-order valence-corrected chi connectivity index (χ4v) is 1.41. The highest BCUT2D eigenvalue weighted by Crippen LogP contribution is 2.18. The summed E-state index contributed by atoms with van der Waals surface area (Å²) in [5.41, 5.74) is 0.